The smallest absolute Gasteiger partial charge is 0.346 e. The summed E-state index contributed by atoms with van der Waals surface area (Å²) < 4.78 is 39.1. The SMILES string of the molecule is Cn1cnc2cc(C(=O)NCc3ccc(C(F)(F)F)cn3)cnc21. The number of halogens is 3. The topological polar surface area (TPSA) is 72.7 Å². The molecule has 0 aliphatic rings. The molecular formula is C15H12F3N5O. The van der Waals surface area contributed by atoms with E-state index >= 15 is 0 Å². The summed E-state index contributed by atoms with van der Waals surface area (Å²) in [6.07, 6.45) is -0.688. The van der Waals surface area contributed by atoms with E-state index in [-0.39, 0.29) is 6.54 Å². The Morgan fingerprint density at radius 3 is 2.67 bits per heavy atom. The quantitative estimate of drug-likeness (QED) is 0.797. The molecule has 1 N–H and O–H groups in total. The van der Waals surface area contributed by atoms with Gasteiger partial charge >= 0.3 is 6.18 Å². The molecule has 0 saturated heterocycles. The summed E-state index contributed by atoms with van der Waals surface area (Å²) in [6.45, 7) is 0.0111. The van der Waals surface area contributed by atoms with Crippen molar-refractivity contribution in [2.75, 3.05) is 0 Å². The van der Waals surface area contributed by atoms with Crippen LogP contribution in [-0.4, -0.2) is 25.4 Å². The van der Waals surface area contributed by atoms with Crippen LogP contribution >= 0.6 is 0 Å². The van der Waals surface area contributed by atoms with Crippen LogP contribution in [0.2, 0.25) is 0 Å². The van der Waals surface area contributed by atoms with Gasteiger partial charge in [-0.05, 0) is 18.2 Å². The van der Waals surface area contributed by atoms with Gasteiger partial charge in [-0.1, -0.05) is 0 Å². The lowest BCUT2D eigenvalue weighted by molar-refractivity contribution is -0.137. The lowest BCUT2D eigenvalue weighted by Crippen LogP contribution is -2.23. The number of pyridine rings is 2. The first-order valence-electron chi connectivity index (χ1n) is 6.92. The van der Waals surface area contributed by atoms with Gasteiger partial charge in [-0.3, -0.25) is 9.78 Å². The second-order valence-corrected chi connectivity index (χ2v) is 5.14. The summed E-state index contributed by atoms with van der Waals surface area (Å²) >= 11 is 0. The van der Waals surface area contributed by atoms with Crippen molar-refractivity contribution in [1.29, 1.82) is 0 Å². The zero-order valence-electron chi connectivity index (χ0n) is 12.5. The number of fused-ring (bicyclic) bond motifs is 1. The molecule has 0 aromatic carbocycles. The van der Waals surface area contributed by atoms with Crippen molar-refractivity contribution in [3.63, 3.8) is 0 Å². The fourth-order valence-corrected chi connectivity index (χ4v) is 2.11. The number of alkyl halides is 3. The van der Waals surface area contributed by atoms with Gasteiger partial charge in [-0.15, -0.1) is 0 Å². The highest BCUT2D eigenvalue weighted by atomic mass is 19.4. The van der Waals surface area contributed by atoms with Crippen molar-refractivity contribution < 1.29 is 18.0 Å². The average molecular weight is 335 g/mol. The van der Waals surface area contributed by atoms with E-state index < -0.39 is 17.6 Å². The normalized spacial score (nSPS) is 11.7. The van der Waals surface area contributed by atoms with Gasteiger partial charge in [0.05, 0.1) is 29.7 Å². The number of carbonyl (C=O) groups is 1. The van der Waals surface area contributed by atoms with Crippen molar-refractivity contribution >= 4 is 17.1 Å². The van der Waals surface area contributed by atoms with Gasteiger partial charge in [-0.25, -0.2) is 9.97 Å². The van der Waals surface area contributed by atoms with Crippen LogP contribution in [0.3, 0.4) is 0 Å². The number of rotatable bonds is 3. The van der Waals surface area contributed by atoms with Crippen LogP contribution in [0.4, 0.5) is 13.2 Å². The molecule has 9 heteroatoms. The number of hydrogen-bond donors (Lipinski definition) is 1. The maximum atomic E-state index is 12.5. The molecule has 0 saturated carbocycles. The third-order valence-corrected chi connectivity index (χ3v) is 3.40. The molecule has 3 aromatic rings. The van der Waals surface area contributed by atoms with Gasteiger partial charge in [0.1, 0.15) is 5.52 Å². The minimum absolute atomic E-state index is 0.0111. The molecule has 0 radical (unpaired) electrons. The summed E-state index contributed by atoms with van der Waals surface area (Å²) in [6, 6.07) is 3.75. The van der Waals surface area contributed by atoms with Gasteiger partial charge < -0.3 is 9.88 Å². The molecule has 0 aliphatic carbocycles. The highest BCUT2D eigenvalue weighted by Crippen LogP contribution is 2.28. The zero-order valence-corrected chi connectivity index (χ0v) is 12.5. The van der Waals surface area contributed by atoms with Gasteiger partial charge in [-0.2, -0.15) is 13.2 Å². The number of aromatic nitrogens is 4. The van der Waals surface area contributed by atoms with E-state index in [1.54, 1.807) is 24.0 Å². The summed E-state index contributed by atoms with van der Waals surface area (Å²) in [7, 11) is 1.79. The molecule has 3 rings (SSSR count). The molecule has 0 bridgehead atoms. The minimum Gasteiger partial charge on any atom is -0.346 e. The zero-order chi connectivity index (χ0) is 17.3. The maximum absolute atomic E-state index is 12.5. The molecule has 124 valence electrons. The molecule has 0 unspecified atom stereocenters. The Labute approximate surface area is 134 Å². The van der Waals surface area contributed by atoms with E-state index in [2.05, 4.69) is 20.3 Å². The number of amides is 1. The molecule has 1 amide bonds. The number of hydrogen-bond acceptors (Lipinski definition) is 4. The number of imidazole rings is 1. The van der Waals surface area contributed by atoms with Crippen LogP contribution < -0.4 is 5.32 Å². The van der Waals surface area contributed by atoms with Crippen LogP contribution in [0.15, 0.2) is 36.9 Å². The molecule has 3 aromatic heterocycles. The molecule has 6 nitrogen and oxygen atoms in total. The standard InChI is InChI=1S/C15H12F3N5O/c1-23-8-22-12-4-9(5-20-13(12)23)14(24)21-7-11-3-2-10(6-19-11)15(16,17)18/h2-6,8H,7H2,1H3,(H,21,24). The predicted octanol–water partition coefficient (Wildman–Crippen LogP) is 2.31. The first-order valence-corrected chi connectivity index (χ1v) is 6.92. The molecule has 0 fully saturated rings. The largest absolute Gasteiger partial charge is 0.417 e. The lowest BCUT2D eigenvalue weighted by Gasteiger charge is -2.08. The Morgan fingerprint density at radius 2 is 2.00 bits per heavy atom. The Balaban J connectivity index is 1.68. The van der Waals surface area contributed by atoms with Gasteiger partial charge in [0.2, 0.25) is 0 Å². The molecule has 0 atom stereocenters. The number of nitrogens with one attached hydrogen (secondary N) is 1. The number of nitrogens with zero attached hydrogens (tertiary/aromatic N) is 4. The van der Waals surface area contributed by atoms with E-state index in [1.807, 2.05) is 0 Å². The Kier molecular flexibility index (Phi) is 3.92. The summed E-state index contributed by atoms with van der Waals surface area (Å²) in [4.78, 5) is 24.1. The molecule has 0 spiro atoms. The van der Waals surface area contributed by atoms with E-state index in [1.165, 1.54) is 12.3 Å². The third kappa shape index (κ3) is 3.19. The van der Waals surface area contributed by atoms with Crippen molar-refractivity contribution in [2.45, 2.75) is 12.7 Å². The van der Waals surface area contributed by atoms with Crippen LogP contribution in [0.25, 0.3) is 11.2 Å². The highest BCUT2D eigenvalue weighted by molar-refractivity contribution is 5.96. The Bertz CT molecular complexity index is 886. The van der Waals surface area contributed by atoms with Crippen molar-refractivity contribution in [1.82, 2.24) is 24.8 Å². The minimum atomic E-state index is -4.43. The van der Waals surface area contributed by atoms with Crippen LogP contribution in [0.1, 0.15) is 21.6 Å². The Morgan fingerprint density at radius 1 is 1.21 bits per heavy atom. The van der Waals surface area contributed by atoms with Gasteiger partial charge in [0.25, 0.3) is 5.91 Å². The van der Waals surface area contributed by atoms with Crippen LogP contribution in [0.5, 0.6) is 0 Å². The number of aryl methyl sites for hydroxylation is 1. The van der Waals surface area contributed by atoms with Crippen LogP contribution in [-0.2, 0) is 19.8 Å². The lowest BCUT2D eigenvalue weighted by atomic mass is 10.2. The second kappa shape index (κ2) is 5.91. The fraction of sp³-hybridized carbons (Fsp3) is 0.200. The van der Waals surface area contributed by atoms with Crippen LogP contribution in [0, 0.1) is 0 Å². The fourth-order valence-electron chi connectivity index (χ4n) is 2.11. The van der Waals surface area contributed by atoms with Crippen molar-refractivity contribution in [3.8, 4) is 0 Å². The highest BCUT2D eigenvalue weighted by Gasteiger charge is 2.30. The van der Waals surface area contributed by atoms with Gasteiger partial charge in [0, 0.05) is 19.4 Å². The average Bonchev–Trinajstić information content (AvgIpc) is 2.93. The summed E-state index contributed by atoms with van der Waals surface area (Å²) in [5, 5.41) is 2.59. The predicted molar refractivity (Wildman–Crippen MR) is 78.9 cm³/mol. The van der Waals surface area contributed by atoms with E-state index in [4.69, 9.17) is 0 Å². The van der Waals surface area contributed by atoms with Crippen molar-refractivity contribution in [2.24, 2.45) is 7.05 Å². The first-order chi connectivity index (χ1) is 11.3. The van der Waals surface area contributed by atoms with E-state index in [0.717, 1.165) is 12.3 Å². The second-order valence-electron chi connectivity index (χ2n) is 5.14. The third-order valence-electron chi connectivity index (χ3n) is 3.40. The Hall–Kier alpha value is -2.97. The van der Waals surface area contributed by atoms with E-state index in [0.29, 0.717) is 22.4 Å². The maximum Gasteiger partial charge on any atom is 0.417 e. The summed E-state index contributed by atoms with van der Waals surface area (Å²) in [5.41, 5.74) is 1.03. The first kappa shape index (κ1) is 15.9. The van der Waals surface area contributed by atoms with Gasteiger partial charge in [0.15, 0.2) is 5.65 Å². The summed E-state index contributed by atoms with van der Waals surface area (Å²) in [5.74, 6) is -0.406. The van der Waals surface area contributed by atoms with Crippen molar-refractivity contribution in [3.05, 3.63) is 53.7 Å². The molecule has 0 aliphatic heterocycles. The molecular weight excluding hydrogens is 323 g/mol. The monoisotopic (exact) mass is 335 g/mol. The number of carbonyl (C=O) groups excluding carboxylic acids is 1. The van der Waals surface area contributed by atoms with E-state index in [9.17, 15) is 18.0 Å². The molecule has 3 heterocycles. The molecule has 24 heavy (non-hydrogen) atoms.